The quantitative estimate of drug-likeness (QED) is 0.113. The molecule has 2 saturated heterocycles. The number of nitrogens with one attached hydrogen (secondary N) is 4. The van der Waals surface area contributed by atoms with Crippen LogP contribution in [0, 0.1) is 35.5 Å². The first-order chi connectivity index (χ1) is 41.6. The minimum absolute atomic E-state index is 0.0831. The number of aliphatic hydroxyl groups is 2. The molecule has 512 valence electrons. The highest BCUT2D eigenvalue weighted by molar-refractivity contribution is 6.00. The topological polar surface area (TPSA) is 351 Å². The van der Waals surface area contributed by atoms with Crippen molar-refractivity contribution in [2.24, 2.45) is 41.2 Å². The van der Waals surface area contributed by atoms with Gasteiger partial charge < -0.3 is 76.3 Å². The van der Waals surface area contributed by atoms with Gasteiger partial charge in [-0.15, -0.1) is 0 Å². The molecule has 2 aliphatic heterocycles. The Morgan fingerprint density at radius 1 is 0.544 bits per heavy atom. The van der Waals surface area contributed by atoms with Crippen LogP contribution in [0.25, 0.3) is 0 Å². The first-order valence-corrected chi connectivity index (χ1v) is 31.7. The molecule has 2 rings (SSSR count). The molecule has 0 radical (unpaired) electrons. The second kappa shape index (κ2) is 35.1. The van der Waals surface area contributed by atoms with Crippen molar-refractivity contribution in [3.05, 3.63) is 12.2 Å². The summed E-state index contributed by atoms with van der Waals surface area (Å²) in [5.41, 5.74) is 5.44. The lowest BCUT2D eigenvalue weighted by molar-refractivity contribution is -0.157. The first-order valence-electron chi connectivity index (χ1n) is 31.7. The van der Waals surface area contributed by atoms with E-state index in [1.165, 1.54) is 77.8 Å². The highest BCUT2D eigenvalue weighted by Gasteiger charge is 2.49. The number of fused-ring (bicyclic) bond motifs is 1. The lowest BCUT2D eigenvalue weighted by Crippen LogP contribution is -2.64. The van der Waals surface area contributed by atoms with Crippen LogP contribution in [0.15, 0.2) is 12.2 Å². The van der Waals surface area contributed by atoms with Gasteiger partial charge in [-0.05, 0) is 95.3 Å². The maximum atomic E-state index is 15.3. The zero-order valence-corrected chi connectivity index (χ0v) is 57.6. The number of nitrogens with two attached hydrogens (primary N) is 1. The first kappa shape index (κ1) is 79.2. The lowest BCUT2D eigenvalue weighted by atomic mass is 9.91. The number of carbonyl (C=O) groups is 12. The van der Waals surface area contributed by atoms with E-state index in [4.69, 9.17) is 10.5 Å². The summed E-state index contributed by atoms with van der Waals surface area (Å²) in [4.78, 5) is 182. The Morgan fingerprint density at radius 2 is 1.00 bits per heavy atom. The number of hydrogen-bond acceptors (Lipinski definition) is 15. The number of allylic oxidation sites excluding steroid dienone is 2. The van der Waals surface area contributed by atoms with Crippen LogP contribution in [0.2, 0.25) is 0 Å². The molecule has 0 aromatic heterocycles. The average Bonchev–Trinajstić information content (AvgIpc) is 2.12. The summed E-state index contributed by atoms with van der Waals surface area (Å²) in [5, 5.41) is 34.2. The van der Waals surface area contributed by atoms with E-state index in [0.29, 0.717) is 0 Å². The van der Waals surface area contributed by atoms with Crippen LogP contribution in [0.1, 0.15) is 149 Å². The van der Waals surface area contributed by atoms with Gasteiger partial charge in [0.25, 0.3) is 0 Å². The molecule has 2 unspecified atom stereocenters. The van der Waals surface area contributed by atoms with Crippen molar-refractivity contribution in [3.8, 4) is 0 Å². The molecule has 8 N–H and O–H groups in total. The molecule has 15 atom stereocenters. The van der Waals surface area contributed by atoms with Gasteiger partial charge >= 0.3 is 6.09 Å². The highest BCUT2D eigenvalue weighted by Crippen LogP contribution is 2.28. The Hall–Kier alpha value is -6.90. The van der Waals surface area contributed by atoms with E-state index in [2.05, 4.69) is 21.3 Å². The standard InChI is InChI=1S/C63H110N12O15/c1-23-25-26-37(13)51(77)50-55(81)67-42(24-2)57(83)75-31-41(90-63(64)89)30-46(75)60(86)73(21)49(40(16)76)54(80)68-47(35(9)10)61(87)69(17)43(27-32(3)4)53(79)65-38(14)52(78)66-39(15)56(82)70(18)44(28-33(5)6)58(84)71(19)45(29-34(7)8)59(85)72(20)48(36(11)12)62(88)74(50)22/h23,25,32-51,76-77H,24,26-31H2,1-22H3,(H2,64,89)(H,65,79)(H,66,78)(H,67,81)(H,68,80)/b25-23+/t37-,38+,39-,40-,41?,42+,43+,44+,45+,46-,47+,48+,49?,50+,51-/m1/s1. The van der Waals surface area contributed by atoms with Gasteiger partial charge in [0.15, 0.2) is 0 Å². The largest absolute Gasteiger partial charge is 0.444 e. The van der Waals surface area contributed by atoms with Crippen molar-refractivity contribution < 1.29 is 72.5 Å². The van der Waals surface area contributed by atoms with Crippen molar-refractivity contribution in [1.29, 1.82) is 0 Å². The fourth-order valence-corrected chi connectivity index (χ4v) is 11.8. The molecular formula is C63H110N12O15. The minimum atomic E-state index is -1.74. The Labute approximate surface area is 533 Å². The van der Waals surface area contributed by atoms with Gasteiger partial charge in [-0.3, -0.25) is 52.7 Å². The Morgan fingerprint density at radius 3 is 1.47 bits per heavy atom. The summed E-state index contributed by atoms with van der Waals surface area (Å²) in [5.74, 6) is -11.4. The molecule has 27 heteroatoms. The maximum Gasteiger partial charge on any atom is 0.404 e. The summed E-state index contributed by atoms with van der Waals surface area (Å²) in [6, 6.07) is -15.3. The number of likely N-dealkylation sites (N-methyl/N-ethyl adjacent to an activating group) is 6. The molecule has 2 fully saturated rings. The number of amides is 12. The van der Waals surface area contributed by atoms with Crippen molar-refractivity contribution in [1.82, 2.24) is 55.6 Å². The fourth-order valence-electron chi connectivity index (χ4n) is 11.8. The predicted octanol–water partition coefficient (Wildman–Crippen LogP) is 1.21. The Balaban J connectivity index is 3.08. The smallest absolute Gasteiger partial charge is 0.404 e. The predicted molar refractivity (Wildman–Crippen MR) is 338 cm³/mol. The van der Waals surface area contributed by atoms with E-state index in [0.717, 1.165) is 19.6 Å². The summed E-state index contributed by atoms with van der Waals surface area (Å²) < 4.78 is 5.32. The molecule has 2 heterocycles. The van der Waals surface area contributed by atoms with Crippen LogP contribution in [-0.4, -0.2) is 249 Å². The molecule has 0 aromatic carbocycles. The van der Waals surface area contributed by atoms with E-state index in [1.54, 1.807) is 60.6 Å². The van der Waals surface area contributed by atoms with E-state index in [9.17, 15) is 43.8 Å². The molecule has 0 aliphatic carbocycles. The molecule has 0 aromatic rings. The number of carbonyl (C=O) groups excluding carboxylic acids is 12. The Bertz CT molecular complexity index is 2560. The van der Waals surface area contributed by atoms with E-state index < -0.39 is 180 Å². The highest BCUT2D eigenvalue weighted by atomic mass is 16.6. The Kier molecular flexibility index (Phi) is 30.9. The molecule has 27 nitrogen and oxygen atoms in total. The normalized spacial score (nSPS) is 28.5. The third kappa shape index (κ3) is 20.6. The van der Waals surface area contributed by atoms with Crippen LogP contribution < -0.4 is 27.0 Å². The summed E-state index contributed by atoms with van der Waals surface area (Å²) in [7, 11) is 8.09. The number of primary amides is 1. The van der Waals surface area contributed by atoms with Gasteiger partial charge in [-0.2, -0.15) is 0 Å². The van der Waals surface area contributed by atoms with E-state index in [-0.39, 0.29) is 56.3 Å². The van der Waals surface area contributed by atoms with Crippen molar-refractivity contribution in [2.45, 2.75) is 234 Å². The molecule has 0 saturated carbocycles. The zero-order valence-electron chi connectivity index (χ0n) is 57.6. The van der Waals surface area contributed by atoms with Crippen LogP contribution in [0.3, 0.4) is 0 Å². The van der Waals surface area contributed by atoms with Gasteiger partial charge in [0.2, 0.25) is 65.0 Å². The molecule has 0 bridgehead atoms. The monoisotopic (exact) mass is 1270 g/mol. The van der Waals surface area contributed by atoms with E-state index >= 15 is 24.0 Å². The van der Waals surface area contributed by atoms with Gasteiger partial charge in [0.1, 0.15) is 72.6 Å². The second-order valence-electron chi connectivity index (χ2n) is 26.7. The summed E-state index contributed by atoms with van der Waals surface area (Å²) in [6.45, 7) is 26.3. The van der Waals surface area contributed by atoms with Gasteiger partial charge in [0, 0.05) is 48.7 Å². The van der Waals surface area contributed by atoms with Crippen molar-refractivity contribution in [3.63, 3.8) is 0 Å². The van der Waals surface area contributed by atoms with Crippen molar-refractivity contribution >= 4 is 71.1 Å². The van der Waals surface area contributed by atoms with Gasteiger partial charge in [0.05, 0.1) is 18.8 Å². The average molecular weight is 1280 g/mol. The van der Waals surface area contributed by atoms with Crippen molar-refractivity contribution in [2.75, 3.05) is 48.8 Å². The number of hydrogen-bond donors (Lipinski definition) is 7. The van der Waals surface area contributed by atoms with Crippen LogP contribution in [0.4, 0.5) is 4.79 Å². The number of rotatable bonds is 15. The van der Waals surface area contributed by atoms with Gasteiger partial charge in [-0.1, -0.05) is 95.2 Å². The second-order valence-corrected chi connectivity index (χ2v) is 26.7. The third-order valence-electron chi connectivity index (χ3n) is 17.1. The minimum Gasteiger partial charge on any atom is -0.444 e. The van der Waals surface area contributed by atoms with Crippen LogP contribution >= 0.6 is 0 Å². The molecule has 2 aliphatic rings. The summed E-state index contributed by atoms with van der Waals surface area (Å²) >= 11 is 0. The SMILES string of the molecule is C/C=C/C[C@@H](C)[C@@H](O)[C@H]1C(=O)N[C@@H](CC)C(=O)N2CC(OC(N)=O)C[C@@H]2C(=O)N(C)C([C@@H](C)O)C(=O)N[C@@H](C(C)C)C(=O)N(C)[C@@H](CC(C)C)C(=O)N[C@@H](C)C(=O)N[C@H](C)C(=O)N(C)[C@@H](CC(C)C)C(=O)N(C)[C@@H](CC(C)C)C(=O)N(C)[C@@H](C(C)C)C(=O)N1C. The summed E-state index contributed by atoms with van der Waals surface area (Å²) in [6.07, 6.45) is -2.05. The molecule has 90 heavy (non-hydrogen) atoms. The van der Waals surface area contributed by atoms with Gasteiger partial charge in [-0.25, -0.2) is 4.79 Å². The zero-order chi connectivity index (χ0) is 69.4. The number of nitrogens with zero attached hydrogens (tertiary/aromatic N) is 7. The maximum absolute atomic E-state index is 15.3. The van der Waals surface area contributed by atoms with E-state index in [1.807, 2.05) is 41.5 Å². The molecule has 12 amide bonds. The van der Waals surface area contributed by atoms with Crippen LogP contribution in [0.5, 0.6) is 0 Å². The molecular weight excluding hydrogens is 1160 g/mol. The fraction of sp³-hybridized carbons (Fsp3) is 0.778. The number of ether oxygens (including phenoxy) is 1. The van der Waals surface area contributed by atoms with Crippen LogP contribution in [-0.2, 0) is 57.5 Å². The third-order valence-corrected chi connectivity index (χ3v) is 17.1. The number of aliphatic hydroxyl groups excluding tert-OH is 2. The molecule has 0 spiro atoms. The lowest BCUT2D eigenvalue weighted by Gasteiger charge is -2.41.